The summed E-state index contributed by atoms with van der Waals surface area (Å²) >= 11 is 0. The molecule has 0 aliphatic rings. The molecular formula is C12H16N2O5. The van der Waals surface area contributed by atoms with Gasteiger partial charge in [0.05, 0.1) is 12.1 Å². The van der Waals surface area contributed by atoms with Crippen LogP contribution in [-0.4, -0.2) is 47.4 Å². The number of furan rings is 1. The Hall–Kier alpha value is -2.31. The van der Waals surface area contributed by atoms with E-state index in [-0.39, 0.29) is 23.8 Å². The van der Waals surface area contributed by atoms with Crippen LogP contribution >= 0.6 is 0 Å². The monoisotopic (exact) mass is 268 g/mol. The van der Waals surface area contributed by atoms with Gasteiger partial charge in [0.1, 0.15) is 6.26 Å². The maximum atomic E-state index is 11.6. The minimum absolute atomic E-state index is 0.111. The molecule has 0 aliphatic carbocycles. The van der Waals surface area contributed by atoms with Crippen LogP contribution < -0.4 is 5.32 Å². The van der Waals surface area contributed by atoms with E-state index in [4.69, 9.17) is 9.52 Å². The number of carbonyl (C=O) groups excluding carboxylic acids is 2. The second kappa shape index (κ2) is 6.58. The zero-order valence-electron chi connectivity index (χ0n) is 10.8. The van der Waals surface area contributed by atoms with E-state index < -0.39 is 11.9 Å². The van der Waals surface area contributed by atoms with Gasteiger partial charge in [0.15, 0.2) is 5.76 Å². The van der Waals surface area contributed by atoms with Crippen LogP contribution in [0.15, 0.2) is 16.7 Å². The quantitative estimate of drug-likeness (QED) is 0.786. The molecule has 1 rings (SSSR count). The van der Waals surface area contributed by atoms with Crippen molar-refractivity contribution in [3.05, 3.63) is 23.7 Å². The number of carboxylic acids is 1. The number of hydrogen-bond acceptors (Lipinski definition) is 4. The maximum Gasteiger partial charge on any atom is 0.338 e. The fourth-order valence-electron chi connectivity index (χ4n) is 1.50. The van der Waals surface area contributed by atoms with Crippen molar-refractivity contribution < 1.29 is 23.9 Å². The van der Waals surface area contributed by atoms with Gasteiger partial charge in [-0.2, -0.15) is 0 Å². The molecular weight excluding hydrogens is 252 g/mol. The molecule has 2 N–H and O–H groups in total. The molecule has 1 aromatic heterocycles. The molecule has 19 heavy (non-hydrogen) atoms. The summed E-state index contributed by atoms with van der Waals surface area (Å²) in [5.41, 5.74) is -0.111. The Balaban J connectivity index is 2.55. The van der Waals surface area contributed by atoms with E-state index in [1.165, 1.54) is 0 Å². The molecule has 0 aromatic carbocycles. The van der Waals surface area contributed by atoms with E-state index in [1.807, 2.05) is 13.8 Å². The normalized spacial score (nSPS) is 10.0. The summed E-state index contributed by atoms with van der Waals surface area (Å²) in [7, 11) is 0. The molecule has 7 heteroatoms. The molecule has 1 aromatic rings. The summed E-state index contributed by atoms with van der Waals surface area (Å²) in [4.78, 5) is 35.4. The minimum Gasteiger partial charge on any atom is -0.478 e. The Kier molecular flexibility index (Phi) is 5.11. The molecule has 0 saturated carbocycles. The fraction of sp³-hybridized carbons (Fsp3) is 0.417. The zero-order chi connectivity index (χ0) is 14.4. The molecule has 1 heterocycles. The summed E-state index contributed by atoms with van der Waals surface area (Å²) in [6.45, 7) is 4.66. The molecule has 0 spiro atoms. The number of amides is 2. The molecule has 0 aliphatic heterocycles. The van der Waals surface area contributed by atoms with E-state index in [9.17, 15) is 14.4 Å². The number of nitrogens with one attached hydrogen (secondary N) is 1. The van der Waals surface area contributed by atoms with Gasteiger partial charge < -0.3 is 19.7 Å². The van der Waals surface area contributed by atoms with Gasteiger partial charge in [-0.05, 0) is 13.8 Å². The summed E-state index contributed by atoms with van der Waals surface area (Å²) in [6, 6.07) is 1.11. The highest BCUT2D eigenvalue weighted by atomic mass is 16.4. The van der Waals surface area contributed by atoms with Gasteiger partial charge in [-0.15, -0.1) is 0 Å². The van der Waals surface area contributed by atoms with Crippen LogP contribution in [0.5, 0.6) is 0 Å². The first-order chi connectivity index (χ1) is 8.99. The van der Waals surface area contributed by atoms with Crippen molar-refractivity contribution in [1.29, 1.82) is 0 Å². The van der Waals surface area contributed by atoms with Gasteiger partial charge >= 0.3 is 5.97 Å². The summed E-state index contributed by atoms with van der Waals surface area (Å²) in [5, 5.41) is 11.1. The van der Waals surface area contributed by atoms with Crippen molar-refractivity contribution in [1.82, 2.24) is 10.2 Å². The first-order valence-corrected chi connectivity index (χ1v) is 5.87. The Morgan fingerprint density at radius 1 is 1.32 bits per heavy atom. The number of nitrogens with zero attached hydrogens (tertiary/aromatic N) is 1. The average Bonchev–Trinajstić information content (AvgIpc) is 2.87. The Morgan fingerprint density at radius 2 is 1.95 bits per heavy atom. The van der Waals surface area contributed by atoms with Gasteiger partial charge in [-0.25, -0.2) is 4.79 Å². The highest BCUT2D eigenvalue weighted by Crippen LogP contribution is 2.07. The van der Waals surface area contributed by atoms with Gasteiger partial charge in [-0.3, -0.25) is 9.59 Å². The number of carbonyl (C=O) groups is 3. The first kappa shape index (κ1) is 14.7. The van der Waals surface area contributed by atoms with Crippen LogP contribution in [0.25, 0.3) is 0 Å². The van der Waals surface area contributed by atoms with Crippen molar-refractivity contribution in [2.75, 3.05) is 19.6 Å². The van der Waals surface area contributed by atoms with E-state index in [1.54, 1.807) is 4.90 Å². The number of aromatic carboxylic acids is 1. The van der Waals surface area contributed by atoms with Crippen LogP contribution in [0.3, 0.4) is 0 Å². The Labute approximate surface area is 110 Å². The minimum atomic E-state index is -1.18. The molecule has 0 fully saturated rings. The van der Waals surface area contributed by atoms with Crippen molar-refractivity contribution in [2.24, 2.45) is 0 Å². The number of carboxylic acid groups (broad SMARTS) is 1. The second-order valence-corrected chi connectivity index (χ2v) is 3.75. The second-order valence-electron chi connectivity index (χ2n) is 3.75. The summed E-state index contributed by atoms with van der Waals surface area (Å²) < 4.78 is 4.82. The fourth-order valence-corrected chi connectivity index (χ4v) is 1.50. The Morgan fingerprint density at radius 3 is 2.42 bits per heavy atom. The van der Waals surface area contributed by atoms with E-state index in [0.29, 0.717) is 13.1 Å². The largest absolute Gasteiger partial charge is 0.478 e. The van der Waals surface area contributed by atoms with Crippen LogP contribution in [0.2, 0.25) is 0 Å². The average molecular weight is 268 g/mol. The van der Waals surface area contributed by atoms with E-state index in [0.717, 1.165) is 12.3 Å². The van der Waals surface area contributed by atoms with Crippen molar-refractivity contribution in [3.8, 4) is 0 Å². The Bertz CT molecular complexity index is 476. The smallest absolute Gasteiger partial charge is 0.338 e. The lowest BCUT2D eigenvalue weighted by molar-refractivity contribution is -0.129. The lowest BCUT2D eigenvalue weighted by atomic mass is 10.3. The van der Waals surface area contributed by atoms with E-state index in [2.05, 4.69) is 5.32 Å². The van der Waals surface area contributed by atoms with Crippen LogP contribution in [-0.2, 0) is 4.79 Å². The van der Waals surface area contributed by atoms with E-state index >= 15 is 0 Å². The highest BCUT2D eigenvalue weighted by molar-refractivity contribution is 5.97. The highest BCUT2D eigenvalue weighted by Gasteiger charge is 2.16. The third kappa shape index (κ3) is 3.84. The molecule has 0 bridgehead atoms. The molecule has 0 unspecified atom stereocenters. The molecule has 2 amide bonds. The predicted molar refractivity (Wildman–Crippen MR) is 65.9 cm³/mol. The molecule has 7 nitrogen and oxygen atoms in total. The van der Waals surface area contributed by atoms with Crippen LogP contribution in [0, 0.1) is 0 Å². The number of rotatable bonds is 6. The lowest BCUT2D eigenvalue weighted by Gasteiger charge is -2.18. The standard InChI is InChI=1S/C12H16N2O5/c1-3-14(4-2)10(15)6-13-11(16)9-5-8(7-19-9)12(17)18/h5,7H,3-4,6H2,1-2H3,(H,13,16)(H,17,18). The van der Waals surface area contributed by atoms with Crippen LogP contribution in [0.4, 0.5) is 0 Å². The van der Waals surface area contributed by atoms with Gasteiger partial charge in [0, 0.05) is 19.2 Å². The van der Waals surface area contributed by atoms with Gasteiger partial charge in [0.2, 0.25) is 5.91 Å². The third-order valence-corrected chi connectivity index (χ3v) is 2.59. The predicted octanol–water partition coefficient (Wildman–Crippen LogP) is 0.576. The molecule has 0 radical (unpaired) electrons. The van der Waals surface area contributed by atoms with Gasteiger partial charge in [0.25, 0.3) is 5.91 Å². The lowest BCUT2D eigenvalue weighted by Crippen LogP contribution is -2.39. The molecule has 104 valence electrons. The van der Waals surface area contributed by atoms with Crippen molar-refractivity contribution in [3.63, 3.8) is 0 Å². The third-order valence-electron chi connectivity index (χ3n) is 2.59. The summed E-state index contributed by atoms with van der Waals surface area (Å²) in [5.74, 6) is -2.14. The number of likely N-dealkylation sites (N-methyl/N-ethyl adjacent to an activating group) is 1. The van der Waals surface area contributed by atoms with Gasteiger partial charge in [-0.1, -0.05) is 0 Å². The SMILES string of the molecule is CCN(CC)C(=O)CNC(=O)c1cc(C(=O)O)co1. The zero-order valence-corrected chi connectivity index (χ0v) is 10.8. The molecule has 0 saturated heterocycles. The van der Waals surface area contributed by atoms with Crippen molar-refractivity contribution >= 4 is 17.8 Å². The molecule has 0 atom stereocenters. The maximum absolute atomic E-state index is 11.6. The first-order valence-electron chi connectivity index (χ1n) is 5.87. The summed E-state index contributed by atoms with van der Waals surface area (Å²) in [6.07, 6.45) is 0.976. The van der Waals surface area contributed by atoms with Crippen molar-refractivity contribution in [2.45, 2.75) is 13.8 Å². The van der Waals surface area contributed by atoms with Crippen LogP contribution in [0.1, 0.15) is 34.8 Å². The topological polar surface area (TPSA) is 99.9 Å². The number of hydrogen-bond donors (Lipinski definition) is 2.